The van der Waals surface area contributed by atoms with Crippen molar-refractivity contribution < 1.29 is 13.9 Å². The molecule has 0 saturated carbocycles. The minimum absolute atomic E-state index is 0.0152. The maximum atomic E-state index is 14.8. The maximum absolute atomic E-state index is 14.8. The fourth-order valence-electron chi connectivity index (χ4n) is 3.58. The number of allylic oxidation sites excluding steroid dienone is 1. The van der Waals surface area contributed by atoms with Crippen molar-refractivity contribution in [1.29, 1.82) is 0 Å². The molecule has 0 N–H and O–H groups in total. The summed E-state index contributed by atoms with van der Waals surface area (Å²) in [5, 5.41) is 0. The van der Waals surface area contributed by atoms with E-state index >= 15 is 0 Å². The van der Waals surface area contributed by atoms with E-state index in [1.165, 1.54) is 11.1 Å². The topological polar surface area (TPSA) is 29.5 Å². The highest BCUT2D eigenvalue weighted by Gasteiger charge is 2.34. The number of benzene rings is 1. The number of carbonyl (C=O) groups is 1. The van der Waals surface area contributed by atoms with Crippen LogP contribution in [0.4, 0.5) is 10.1 Å². The third-order valence-corrected chi connectivity index (χ3v) is 5.42. The number of hydrogen-bond donors (Lipinski definition) is 0. The van der Waals surface area contributed by atoms with Crippen molar-refractivity contribution in [2.45, 2.75) is 66.2 Å². The van der Waals surface area contributed by atoms with Crippen molar-refractivity contribution in [2.75, 3.05) is 24.6 Å². The second-order valence-electron chi connectivity index (χ2n) is 7.99. The van der Waals surface area contributed by atoms with Crippen LogP contribution in [0.15, 0.2) is 18.0 Å². The summed E-state index contributed by atoms with van der Waals surface area (Å²) in [6.45, 7) is 16.2. The number of halogens is 1. The molecule has 0 radical (unpaired) electrons. The zero-order valence-corrected chi connectivity index (χ0v) is 17.2. The molecule has 0 aliphatic carbocycles. The second kappa shape index (κ2) is 7.81. The van der Waals surface area contributed by atoms with Gasteiger partial charge in [0.05, 0.1) is 6.61 Å². The molecule has 0 saturated heterocycles. The van der Waals surface area contributed by atoms with Gasteiger partial charge in [0.25, 0.3) is 0 Å². The minimum Gasteiger partial charge on any atom is -0.461 e. The number of fused-ring (bicyclic) bond motifs is 1. The fraction of sp³-hybridized carbons (Fsp3) is 0.591. The normalized spacial score (nSPS) is 17.0. The number of rotatable bonds is 5. The maximum Gasteiger partial charge on any atom is 0.367 e. The lowest BCUT2D eigenvalue weighted by Gasteiger charge is -2.42. The molecule has 0 unspecified atom stereocenters. The van der Waals surface area contributed by atoms with Gasteiger partial charge in [-0.15, -0.1) is 0 Å². The van der Waals surface area contributed by atoms with Crippen molar-refractivity contribution in [3.05, 3.63) is 34.6 Å². The number of esters is 1. The Morgan fingerprint density at radius 2 is 1.96 bits per heavy atom. The molecule has 0 bridgehead atoms. The summed E-state index contributed by atoms with van der Waals surface area (Å²) in [7, 11) is 0. The Morgan fingerprint density at radius 3 is 2.50 bits per heavy atom. The van der Waals surface area contributed by atoms with Gasteiger partial charge in [-0.3, -0.25) is 0 Å². The molecule has 1 aromatic carbocycles. The monoisotopic (exact) mass is 361 g/mol. The zero-order chi connectivity index (χ0) is 19.6. The lowest BCUT2D eigenvalue weighted by Crippen LogP contribution is -2.38. The average molecular weight is 362 g/mol. The molecule has 0 spiro atoms. The molecule has 1 heterocycles. The molecule has 0 fully saturated rings. The number of carbonyl (C=O) groups excluding carboxylic acids is 1. The van der Waals surface area contributed by atoms with Crippen molar-refractivity contribution in [2.24, 2.45) is 0 Å². The van der Waals surface area contributed by atoms with Crippen LogP contribution in [0.25, 0.3) is 5.57 Å². The third-order valence-electron chi connectivity index (χ3n) is 5.42. The molecule has 144 valence electrons. The summed E-state index contributed by atoms with van der Waals surface area (Å²) in [5.41, 5.74) is 4.65. The first-order chi connectivity index (χ1) is 12.1. The SMILES string of the molecule is CCOC(=O)C(F)=C(C)c1cc(C(C)C)cc2c1N(CC)CCC2(C)C. The van der Waals surface area contributed by atoms with Gasteiger partial charge in [-0.2, -0.15) is 4.39 Å². The Balaban J connectivity index is 2.77. The predicted octanol–water partition coefficient (Wildman–Crippen LogP) is 5.58. The lowest BCUT2D eigenvalue weighted by molar-refractivity contribution is -0.140. The van der Waals surface area contributed by atoms with Gasteiger partial charge in [0, 0.05) is 29.9 Å². The highest BCUT2D eigenvalue weighted by molar-refractivity contribution is 5.97. The summed E-state index contributed by atoms with van der Waals surface area (Å²) in [5.74, 6) is -1.36. The van der Waals surface area contributed by atoms with Gasteiger partial charge in [-0.05, 0) is 55.7 Å². The van der Waals surface area contributed by atoms with Crippen LogP contribution in [0.3, 0.4) is 0 Å². The fourth-order valence-corrected chi connectivity index (χ4v) is 3.58. The quantitative estimate of drug-likeness (QED) is 0.506. The van der Waals surface area contributed by atoms with E-state index in [1.54, 1.807) is 13.8 Å². The first-order valence-electron chi connectivity index (χ1n) is 9.61. The van der Waals surface area contributed by atoms with Crippen LogP contribution in [0.1, 0.15) is 77.5 Å². The van der Waals surface area contributed by atoms with Gasteiger partial charge in [-0.25, -0.2) is 4.79 Å². The van der Waals surface area contributed by atoms with Crippen LogP contribution in [-0.2, 0) is 14.9 Å². The van der Waals surface area contributed by atoms with E-state index in [0.29, 0.717) is 11.5 Å². The summed E-state index contributed by atoms with van der Waals surface area (Å²) < 4.78 is 19.7. The van der Waals surface area contributed by atoms with E-state index in [-0.39, 0.29) is 12.0 Å². The standard InChI is InChI=1S/C22H32FNO2/c1-8-24-11-10-22(6,7)18-13-16(14(3)4)12-17(20(18)24)15(5)19(23)21(25)26-9-2/h12-14H,8-11H2,1-7H3. The van der Waals surface area contributed by atoms with Crippen LogP contribution in [0.5, 0.6) is 0 Å². The molecule has 0 aromatic heterocycles. The molecule has 2 rings (SSSR count). The van der Waals surface area contributed by atoms with Crippen LogP contribution < -0.4 is 4.90 Å². The van der Waals surface area contributed by atoms with Gasteiger partial charge in [0.2, 0.25) is 5.83 Å². The van der Waals surface area contributed by atoms with E-state index < -0.39 is 11.8 Å². The van der Waals surface area contributed by atoms with E-state index in [9.17, 15) is 9.18 Å². The van der Waals surface area contributed by atoms with Crippen molar-refractivity contribution in [3.63, 3.8) is 0 Å². The first kappa shape index (κ1) is 20.5. The summed E-state index contributed by atoms with van der Waals surface area (Å²) >= 11 is 0. The van der Waals surface area contributed by atoms with Crippen molar-refractivity contribution in [1.82, 2.24) is 0 Å². The highest BCUT2D eigenvalue weighted by Crippen LogP contribution is 2.45. The van der Waals surface area contributed by atoms with Gasteiger partial charge in [0.15, 0.2) is 0 Å². The summed E-state index contributed by atoms with van der Waals surface area (Å²) in [6, 6.07) is 4.31. The molecule has 1 aliphatic heterocycles. The molecule has 26 heavy (non-hydrogen) atoms. The van der Waals surface area contributed by atoms with E-state index in [0.717, 1.165) is 30.8 Å². The Bertz CT molecular complexity index is 719. The largest absolute Gasteiger partial charge is 0.461 e. The first-order valence-corrected chi connectivity index (χ1v) is 9.61. The number of hydrogen-bond acceptors (Lipinski definition) is 3. The average Bonchev–Trinajstić information content (AvgIpc) is 2.60. The smallest absolute Gasteiger partial charge is 0.367 e. The second-order valence-corrected chi connectivity index (χ2v) is 7.99. The van der Waals surface area contributed by atoms with Crippen molar-refractivity contribution >= 4 is 17.2 Å². The molecule has 1 aromatic rings. The van der Waals surface area contributed by atoms with Crippen LogP contribution in [0, 0.1) is 0 Å². The molecule has 1 aliphatic rings. The molecule has 0 atom stereocenters. The Hall–Kier alpha value is -1.84. The number of anilines is 1. The summed E-state index contributed by atoms with van der Waals surface area (Å²) in [4.78, 5) is 14.2. The van der Waals surface area contributed by atoms with Gasteiger partial charge >= 0.3 is 5.97 Å². The molecular weight excluding hydrogens is 329 g/mol. The highest BCUT2D eigenvalue weighted by atomic mass is 19.1. The van der Waals surface area contributed by atoms with Crippen molar-refractivity contribution in [3.8, 4) is 0 Å². The molecule has 0 amide bonds. The van der Waals surface area contributed by atoms with Gasteiger partial charge in [0.1, 0.15) is 0 Å². The lowest BCUT2D eigenvalue weighted by atomic mass is 9.74. The Morgan fingerprint density at radius 1 is 1.31 bits per heavy atom. The number of ether oxygens (including phenoxy) is 1. The predicted molar refractivity (Wildman–Crippen MR) is 106 cm³/mol. The number of nitrogens with zero attached hydrogens (tertiary/aromatic N) is 1. The summed E-state index contributed by atoms with van der Waals surface area (Å²) in [6.07, 6.45) is 1.05. The van der Waals surface area contributed by atoms with Crippen LogP contribution >= 0.6 is 0 Å². The molecule has 4 heteroatoms. The van der Waals surface area contributed by atoms with Crippen LogP contribution in [-0.4, -0.2) is 25.7 Å². The van der Waals surface area contributed by atoms with E-state index in [1.807, 2.05) is 6.07 Å². The third kappa shape index (κ3) is 3.79. The van der Waals surface area contributed by atoms with E-state index in [4.69, 9.17) is 4.74 Å². The van der Waals surface area contributed by atoms with E-state index in [2.05, 4.69) is 45.6 Å². The van der Waals surface area contributed by atoms with Gasteiger partial charge in [-0.1, -0.05) is 33.8 Å². The Kier molecular flexibility index (Phi) is 6.15. The zero-order valence-electron chi connectivity index (χ0n) is 17.2. The Labute approximate surface area is 157 Å². The minimum atomic E-state index is -0.883. The molecular formula is C22H32FNO2. The molecule has 3 nitrogen and oxygen atoms in total. The van der Waals surface area contributed by atoms with Crippen LogP contribution in [0.2, 0.25) is 0 Å². The van der Waals surface area contributed by atoms with Gasteiger partial charge < -0.3 is 9.64 Å².